The first-order chi connectivity index (χ1) is 5.54. The van der Waals surface area contributed by atoms with Gasteiger partial charge in [-0.05, 0) is 6.92 Å². The van der Waals surface area contributed by atoms with Gasteiger partial charge in [0.1, 0.15) is 0 Å². The Bertz CT molecular complexity index is 150. The molecule has 0 radical (unpaired) electrons. The summed E-state index contributed by atoms with van der Waals surface area (Å²) < 4.78 is 10.1. The SMILES string of the molecule is CO[SiH](OC)C(C)N(C)C(=O)O. The van der Waals surface area contributed by atoms with Crippen molar-refractivity contribution in [3.05, 3.63) is 0 Å². The van der Waals surface area contributed by atoms with Gasteiger partial charge < -0.3 is 18.9 Å². The van der Waals surface area contributed by atoms with E-state index in [1.165, 1.54) is 26.2 Å². The van der Waals surface area contributed by atoms with Crippen LogP contribution >= 0.6 is 0 Å². The zero-order valence-electron chi connectivity index (χ0n) is 7.77. The summed E-state index contributed by atoms with van der Waals surface area (Å²) in [7, 11) is 2.72. The average molecular weight is 193 g/mol. The van der Waals surface area contributed by atoms with Crippen LogP contribution < -0.4 is 0 Å². The van der Waals surface area contributed by atoms with E-state index in [9.17, 15) is 4.79 Å². The monoisotopic (exact) mass is 193 g/mol. The molecule has 6 heteroatoms. The van der Waals surface area contributed by atoms with Crippen LogP contribution in [0.5, 0.6) is 0 Å². The van der Waals surface area contributed by atoms with Crippen LogP contribution in [0.3, 0.4) is 0 Å². The Morgan fingerprint density at radius 2 is 1.92 bits per heavy atom. The average Bonchev–Trinajstić information content (AvgIpc) is 2.05. The highest BCUT2D eigenvalue weighted by molar-refractivity contribution is 6.46. The molecular weight excluding hydrogens is 178 g/mol. The molecule has 0 aliphatic carbocycles. The lowest BCUT2D eigenvalue weighted by atomic mass is 10.6. The van der Waals surface area contributed by atoms with Crippen molar-refractivity contribution in [1.29, 1.82) is 0 Å². The molecule has 1 N–H and O–H groups in total. The number of hydrogen-bond acceptors (Lipinski definition) is 3. The van der Waals surface area contributed by atoms with Crippen LogP contribution in [0.2, 0.25) is 0 Å². The van der Waals surface area contributed by atoms with Crippen molar-refractivity contribution in [2.24, 2.45) is 0 Å². The molecule has 1 amide bonds. The van der Waals surface area contributed by atoms with Crippen molar-refractivity contribution < 1.29 is 18.8 Å². The molecule has 0 spiro atoms. The second-order valence-electron chi connectivity index (χ2n) is 2.47. The lowest BCUT2D eigenvalue weighted by molar-refractivity contribution is 0.142. The van der Waals surface area contributed by atoms with E-state index in [1.54, 1.807) is 6.92 Å². The molecule has 5 nitrogen and oxygen atoms in total. The summed E-state index contributed by atoms with van der Waals surface area (Å²) in [4.78, 5) is 11.7. The van der Waals surface area contributed by atoms with Crippen LogP contribution in [0.1, 0.15) is 6.92 Å². The summed E-state index contributed by atoms with van der Waals surface area (Å²) in [5.41, 5.74) is -0.183. The highest BCUT2D eigenvalue weighted by atomic mass is 28.3. The van der Waals surface area contributed by atoms with E-state index < -0.39 is 15.4 Å². The summed E-state index contributed by atoms with van der Waals surface area (Å²) >= 11 is 0. The Morgan fingerprint density at radius 3 is 2.17 bits per heavy atom. The molecule has 0 aliphatic heterocycles. The highest BCUT2D eigenvalue weighted by Crippen LogP contribution is 2.02. The lowest BCUT2D eigenvalue weighted by Gasteiger charge is -2.25. The van der Waals surface area contributed by atoms with Gasteiger partial charge in [-0.3, -0.25) is 0 Å². The van der Waals surface area contributed by atoms with Crippen LogP contribution in [-0.2, 0) is 8.85 Å². The van der Waals surface area contributed by atoms with Crippen LogP contribution in [-0.4, -0.2) is 52.3 Å². The number of hydrogen-bond donors (Lipinski definition) is 1. The van der Waals surface area contributed by atoms with Gasteiger partial charge in [-0.15, -0.1) is 0 Å². The van der Waals surface area contributed by atoms with Gasteiger partial charge >= 0.3 is 15.4 Å². The third-order valence-electron chi connectivity index (χ3n) is 1.77. The number of nitrogens with zero attached hydrogens (tertiary/aromatic N) is 1. The molecular formula is C6H15NO4Si. The molecule has 0 aliphatic rings. The molecule has 1 unspecified atom stereocenters. The van der Waals surface area contributed by atoms with Gasteiger partial charge in [-0.1, -0.05) is 0 Å². The molecule has 12 heavy (non-hydrogen) atoms. The quantitative estimate of drug-likeness (QED) is 0.640. The highest BCUT2D eigenvalue weighted by Gasteiger charge is 2.26. The number of carbonyl (C=O) groups is 1. The Balaban J connectivity index is 4.14. The summed E-state index contributed by atoms with van der Waals surface area (Å²) in [5, 5.41) is 8.63. The fourth-order valence-corrected chi connectivity index (χ4v) is 2.32. The minimum Gasteiger partial charge on any atom is -0.465 e. The first-order valence-corrected chi connectivity index (χ1v) is 5.16. The van der Waals surface area contributed by atoms with E-state index in [-0.39, 0.29) is 5.67 Å². The molecule has 0 aromatic heterocycles. The van der Waals surface area contributed by atoms with Gasteiger partial charge in [0.15, 0.2) is 0 Å². The molecule has 0 saturated carbocycles. The predicted molar refractivity (Wildman–Crippen MR) is 46.4 cm³/mol. The van der Waals surface area contributed by atoms with Crippen LogP contribution in [0.15, 0.2) is 0 Å². The van der Waals surface area contributed by atoms with E-state index in [2.05, 4.69) is 0 Å². The fraction of sp³-hybridized carbons (Fsp3) is 0.833. The van der Waals surface area contributed by atoms with E-state index in [4.69, 9.17) is 14.0 Å². The van der Waals surface area contributed by atoms with E-state index in [1.807, 2.05) is 0 Å². The third-order valence-corrected chi connectivity index (χ3v) is 3.94. The van der Waals surface area contributed by atoms with Crippen molar-refractivity contribution in [2.75, 3.05) is 21.3 Å². The summed E-state index contributed by atoms with van der Waals surface area (Å²) in [6, 6.07) is 0. The molecule has 0 heterocycles. The maximum absolute atomic E-state index is 10.5. The van der Waals surface area contributed by atoms with Crippen LogP contribution in [0.25, 0.3) is 0 Å². The van der Waals surface area contributed by atoms with Crippen molar-refractivity contribution in [3.8, 4) is 0 Å². The normalized spacial score (nSPS) is 13.1. The zero-order valence-corrected chi connectivity index (χ0v) is 8.93. The molecule has 0 bridgehead atoms. The molecule has 0 rings (SSSR count). The van der Waals surface area contributed by atoms with Gasteiger partial charge in [0.05, 0.1) is 5.67 Å². The van der Waals surface area contributed by atoms with Crippen LogP contribution in [0.4, 0.5) is 4.79 Å². The number of carboxylic acid groups (broad SMARTS) is 1. The van der Waals surface area contributed by atoms with Gasteiger partial charge in [0.25, 0.3) is 0 Å². The molecule has 0 aromatic rings. The molecule has 0 aromatic carbocycles. The molecule has 72 valence electrons. The topological polar surface area (TPSA) is 59.0 Å². The third kappa shape index (κ3) is 2.80. The standard InChI is InChI=1S/C6H15NO4Si/c1-5(7(2)6(8)9)12(10-3)11-4/h5,12H,1-4H3,(H,8,9). The Kier molecular flexibility index (Phi) is 4.87. The Morgan fingerprint density at radius 1 is 1.50 bits per heavy atom. The first-order valence-electron chi connectivity index (χ1n) is 3.56. The van der Waals surface area contributed by atoms with E-state index in [0.29, 0.717) is 0 Å². The van der Waals surface area contributed by atoms with Crippen molar-refractivity contribution in [3.63, 3.8) is 0 Å². The maximum Gasteiger partial charge on any atom is 0.407 e. The van der Waals surface area contributed by atoms with Gasteiger partial charge in [0.2, 0.25) is 0 Å². The molecule has 0 fully saturated rings. The molecule has 1 atom stereocenters. The maximum atomic E-state index is 10.5. The molecule has 0 saturated heterocycles. The Labute approximate surface area is 73.7 Å². The van der Waals surface area contributed by atoms with Crippen molar-refractivity contribution in [2.45, 2.75) is 12.6 Å². The van der Waals surface area contributed by atoms with E-state index >= 15 is 0 Å². The summed E-state index contributed by atoms with van der Waals surface area (Å²) in [5.74, 6) is 0. The largest absolute Gasteiger partial charge is 0.465 e. The van der Waals surface area contributed by atoms with Crippen LogP contribution in [0, 0.1) is 0 Å². The fourth-order valence-electron chi connectivity index (χ4n) is 0.847. The van der Waals surface area contributed by atoms with Gasteiger partial charge in [-0.25, -0.2) is 4.79 Å². The predicted octanol–water partition coefficient (Wildman–Crippen LogP) is 0.0372. The van der Waals surface area contributed by atoms with E-state index in [0.717, 1.165) is 0 Å². The van der Waals surface area contributed by atoms with Gasteiger partial charge in [-0.2, -0.15) is 0 Å². The second kappa shape index (κ2) is 5.12. The Hall–Kier alpha value is -0.593. The zero-order chi connectivity index (χ0) is 9.72. The minimum atomic E-state index is -1.86. The summed E-state index contributed by atoms with van der Waals surface area (Å²) in [6.45, 7) is 1.78. The number of amides is 1. The number of rotatable bonds is 4. The lowest BCUT2D eigenvalue weighted by Crippen LogP contribution is -2.47. The van der Waals surface area contributed by atoms with Crippen molar-refractivity contribution in [1.82, 2.24) is 4.90 Å². The minimum absolute atomic E-state index is 0.183. The smallest absolute Gasteiger partial charge is 0.407 e. The summed E-state index contributed by atoms with van der Waals surface area (Å²) in [6.07, 6.45) is -0.964. The van der Waals surface area contributed by atoms with Gasteiger partial charge in [0, 0.05) is 21.3 Å². The second-order valence-corrected chi connectivity index (χ2v) is 5.12. The van der Waals surface area contributed by atoms with Crippen molar-refractivity contribution >= 4 is 15.4 Å². The first kappa shape index (κ1) is 11.4.